The molecule has 0 bridgehead atoms. The van der Waals surface area contributed by atoms with Gasteiger partial charge in [-0.15, -0.1) is 13.1 Å². The van der Waals surface area contributed by atoms with Crippen LogP contribution in [0.4, 0.5) is 0 Å². The summed E-state index contributed by atoms with van der Waals surface area (Å²) in [6.07, 6.45) is 1.28. The Morgan fingerprint density at radius 1 is 1.30 bits per heavy atom. The van der Waals surface area contributed by atoms with Crippen molar-refractivity contribution in [1.29, 1.82) is 0 Å². The Kier molecular flexibility index (Phi) is 7.99. The van der Waals surface area contributed by atoms with Crippen LogP contribution in [0.2, 0.25) is 0 Å². The van der Waals surface area contributed by atoms with Crippen LogP contribution in [0.3, 0.4) is 0 Å². The number of hydrogen-bond acceptors (Lipinski definition) is 1. The van der Waals surface area contributed by atoms with Gasteiger partial charge in [0.05, 0.1) is 0 Å². The molecule has 0 spiro atoms. The summed E-state index contributed by atoms with van der Waals surface area (Å²) in [5.74, 6) is 0. The fraction of sp³-hybridized carbons (Fsp3) is 1.00. The minimum absolute atomic E-state index is 0. The molecular formula is C7H15AcN2-. The fourth-order valence-electron chi connectivity index (χ4n) is 1.19. The molecule has 0 unspecified atom stereocenters. The van der Waals surface area contributed by atoms with E-state index in [-0.39, 0.29) is 44.1 Å². The summed E-state index contributed by atoms with van der Waals surface area (Å²) in [6, 6.07) is 0. The molecule has 0 aromatic carbocycles. The van der Waals surface area contributed by atoms with Crippen molar-refractivity contribution in [2.75, 3.05) is 32.7 Å². The Morgan fingerprint density at radius 2 is 1.90 bits per heavy atom. The average molecular weight is 354 g/mol. The Labute approximate surface area is 99.3 Å². The first kappa shape index (κ1) is 11.4. The van der Waals surface area contributed by atoms with Crippen LogP contribution in [0, 0.1) is 44.1 Å². The van der Waals surface area contributed by atoms with Crippen molar-refractivity contribution in [2.45, 2.75) is 13.3 Å². The summed E-state index contributed by atoms with van der Waals surface area (Å²) in [7, 11) is 0. The molecule has 3 heteroatoms. The zero-order valence-electron chi connectivity index (χ0n) is 6.71. The van der Waals surface area contributed by atoms with E-state index >= 15 is 0 Å². The maximum atomic E-state index is 4.27. The maximum absolute atomic E-state index is 4.27. The first-order chi connectivity index (χ1) is 4.43. The van der Waals surface area contributed by atoms with Gasteiger partial charge in [-0.3, -0.25) is 0 Å². The van der Waals surface area contributed by atoms with E-state index in [9.17, 15) is 0 Å². The predicted octanol–water partition coefficient (Wildman–Crippen LogP) is 1.09. The quantitative estimate of drug-likeness (QED) is 0.726. The van der Waals surface area contributed by atoms with Gasteiger partial charge in [0.1, 0.15) is 0 Å². The Bertz CT molecular complexity index is 69.3. The van der Waals surface area contributed by atoms with Crippen molar-refractivity contribution >= 4 is 0 Å². The molecule has 57 valence electrons. The third-order valence-electron chi connectivity index (χ3n) is 1.69. The molecule has 0 aromatic rings. The van der Waals surface area contributed by atoms with Crippen LogP contribution in [0.5, 0.6) is 0 Å². The summed E-state index contributed by atoms with van der Waals surface area (Å²) >= 11 is 0. The van der Waals surface area contributed by atoms with Crippen molar-refractivity contribution in [2.24, 2.45) is 0 Å². The second-order valence-corrected chi connectivity index (χ2v) is 2.51. The molecule has 2 nitrogen and oxygen atoms in total. The Morgan fingerprint density at radius 3 is 2.40 bits per heavy atom. The van der Waals surface area contributed by atoms with Gasteiger partial charge < -0.3 is 10.2 Å². The number of nitrogens with zero attached hydrogens (tertiary/aromatic N) is 2. The van der Waals surface area contributed by atoms with Crippen molar-refractivity contribution in [3.8, 4) is 0 Å². The van der Waals surface area contributed by atoms with Crippen LogP contribution in [-0.4, -0.2) is 37.6 Å². The minimum Gasteiger partial charge on any atom is -0.660 e. The molecule has 1 rings (SSSR count). The largest absolute Gasteiger partial charge is 0.660 e. The van der Waals surface area contributed by atoms with Crippen LogP contribution in [0.25, 0.3) is 5.32 Å². The van der Waals surface area contributed by atoms with Gasteiger partial charge in [0.25, 0.3) is 0 Å². The molecule has 0 amide bonds. The maximum Gasteiger partial charge on any atom is 0 e. The molecule has 1 saturated heterocycles. The topological polar surface area (TPSA) is 17.3 Å². The van der Waals surface area contributed by atoms with Crippen molar-refractivity contribution < 1.29 is 44.1 Å². The van der Waals surface area contributed by atoms with Gasteiger partial charge in [-0.05, 0) is 26.1 Å². The van der Waals surface area contributed by atoms with Crippen molar-refractivity contribution in [3.63, 3.8) is 0 Å². The van der Waals surface area contributed by atoms with Gasteiger partial charge in [-0.25, -0.2) is 0 Å². The molecule has 1 fully saturated rings. The first-order valence-corrected chi connectivity index (χ1v) is 3.79. The molecule has 0 saturated carbocycles. The van der Waals surface area contributed by atoms with Crippen LogP contribution in [0.15, 0.2) is 0 Å². The van der Waals surface area contributed by atoms with E-state index in [1.54, 1.807) is 0 Å². The number of hydrogen-bond donors (Lipinski definition) is 0. The average Bonchev–Trinajstić information content (AvgIpc) is 1.91. The van der Waals surface area contributed by atoms with Gasteiger partial charge in [-0.2, -0.15) is 0 Å². The third-order valence-corrected chi connectivity index (χ3v) is 1.69. The molecule has 1 aliphatic heterocycles. The van der Waals surface area contributed by atoms with E-state index in [1.165, 1.54) is 26.1 Å². The van der Waals surface area contributed by atoms with Crippen LogP contribution < -0.4 is 0 Å². The summed E-state index contributed by atoms with van der Waals surface area (Å²) in [4.78, 5) is 2.48. The molecule has 0 N–H and O–H groups in total. The van der Waals surface area contributed by atoms with Crippen LogP contribution in [-0.2, 0) is 0 Å². The van der Waals surface area contributed by atoms with Gasteiger partial charge >= 0.3 is 0 Å². The van der Waals surface area contributed by atoms with Crippen molar-refractivity contribution in [3.05, 3.63) is 5.32 Å². The molecular weight excluding hydrogens is 339 g/mol. The third kappa shape index (κ3) is 4.28. The Hall–Kier alpha value is 1.36. The molecule has 0 aliphatic carbocycles. The zero-order valence-corrected chi connectivity index (χ0v) is 11.5. The standard InChI is InChI=1S/C7H15N2.Ac/c1-2-5-9-6-3-8-4-7-9;/h2-7H2,1H3;/q-1;. The van der Waals surface area contributed by atoms with E-state index in [1.807, 2.05) is 0 Å². The predicted molar refractivity (Wildman–Crippen MR) is 39.8 cm³/mol. The van der Waals surface area contributed by atoms with Gasteiger partial charge in [-0.1, -0.05) is 6.92 Å². The first-order valence-electron chi connectivity index (χ1n) is 3.79. The summed E-state index contributed by atoms with van der Waals surface area (Å²) in [6.45, 7) is 7.98. The molecule has 0 atom stereocenters. The molecule has 10 heavy (non-hydrogen) atoms. The van der Waals surface area contributed by atoms with E-state index in [2.05, 4.69) is 17.1 Å². The molecule has 1 heterocycles. The Balaban J connectivity index is 0.000000810. The second kappa shape index (κ2) is 7.03. The van der Waals surface area contributed by atoms with Gasteiger partial charge in [0.2, 0.25) is 0 Å². The molecule has 1 aliphatic rings. The van der Waals surface area contributed by atoms with Crippen molar-refractivity contribution in [1.82, 2.24) is 4.90 Å². The SMILES string of the molecule is CCCN1CC[N-]CC1.[Ac]. The van der Waals surface area contributed by atoms with E-state index < -0.39 is 0 Å². The minimum atomic E-state index is 0. The summed E-state index contributed by atoms with van der Waals surface area (Å²) in [5.41, 5.74) is 0. The fourth-order valence-corrected chi connectivity index (χ4v) is 1.19. The van der Waals surface area contributed by atoms with E-state index in [0.717, 1.165) is 13.1 Å². The van der Waals surface area contributed by atoms with E-state index in [4.69, 9.17) is 0 Å². The van der Waals surface area contributed by atoms with Gasteiger partial charge in [0, 0.05) is 44.1 Å². The monoisotopic (exact) mass is 354 g/mol. The molecule has 1 radical (unpaired) electrons. The number of piperazine rings is 1. The van der Waals surface area contributed by atoms with Crippen LogP contribution in [0.1, 0.15) is 13.3 Å². The summed E-state index contributed by atoms with van der Waals surface area (Å²) in [5, 5.41) is 4.27. The summed E-state index contributed by atoms with van der Waals surface area (Å²) < 4.78 is 0. The normalized spacial score (nSPS) is 20.1. The zero-order chi connectivity index (χ0) is 6.53. The van der Waals surface area contributed by atoms with Gasteiger partial charge in [0.15, 0.2) is 0 Å². The van der Waals surface area contributed by atoms with E-state index in [0.29, 0.717) is 0 Å². The van der Waals surface area contributed by atoms with Crippen LogP contribution >= 0.6 is 0 Å². The number of rotatable bonds is 2. The second-order valence-electron chi connectivity index (χ2n) is 2.51. The smallest absolute Gasteiger partial charge is 0 e. The molecule has 0 aromatic heterocycles.